The van der Waals surface area contributed by atoms with Gasteiger partial charge >= 0.3 is 5.97 Å². The Morgan fingerprint density at radius 1 is 1.16 bits per heavy atom. The van der Waals surface area contributed by atoms with Crippen molar-refractivity contribution in [3.8, 4) is 11.5 Å². The molecule has 1 aromatic carbocycles. The van der Waals surface area contributed by atoms with Crippen LogP contribution < -0.4 is 9.47 Å². The summed E-state index contributed by atoms with van der Waals surface area (Å²) in [7, 11) is 3.24. The van der Waals surface area contributed by atoms with Crippen molar-refractivity contribution in [1.29, 1.82) is 0 Å². The van der Waals surface area contributed by atoms with Gasteiger partial charge in [-0.25, -0.2) is 0 Å². The summed E-state index contributed by atoms with van der Waals surface area (Å²) in [5, 5.41) is 0. The third-order valence-electron chi connectivity index (χ3n) is 6.08. The topological polar surface area (TPSA) is 71.1 Å². The molecular formula is C25H37IO6. The number of Topliss-reactive ketones (excluding diaryl/α,β-unsaturated/α-hetero) is 1. The second kappa shape index (κ2) is 12.8. The predicted octanol–water partition coefficient (Wildman–Crippen LogP) is 5.35. The summed E-state index contributed by atoms with van der Waals surface area (Å²) in [5.41, 5.74) is 0.610. The zero-order valence-electron chi connectivity index (χ0n) is 20.1. The van der Waals surface area contributed by atoms with Crippen LogP contribution in [0.25, 0.3) is 0 Å². The Morgan fingerprint density at radius 3 is 2.44 bits per heavy atom. The highest BCUT2D eigenvalue weighted by atomic mass is 127. The first-order chi connectivity index (χ1) is 15.2. The SMILES string of the molecule is COCCCOc1cc(C(=O)C(CC(I)C2CC(C(C)C)C(=O)O2)C(C)C)ccc1OC. The molecule has 1 aliphatic heterocycles. The maximum atomic E-state index is 13.5. The molecule has 1 saturated heterocycles. The molecule has 0 spiro atoms. The largest absolute Gasteiger partial charge is 0.493 e. The Labute approximate surface area is 205 Å². The van der Waals surface area contributed by atoms with Gasteiger partial charge in [-0.3, -0.25) is 9.59 Å². The fraction of sp³-hybridized carbons (Fsp3) is 0.680. The molecule has 1 aliphatic rings. The highest BCUT2D eigenvalue weighted by molar-refractivity contribution is 14.1. The Hall–Kier alpha value is -1.35. The highest BCUT2D eigenvalue weighted by Crippen LogP contribution is 2.37. The van der Waals surface area contributed by atoms with Gasteiger partial charge in [-0.2, -0.15) is 0 Å². The number of benzene rings is 1. The molecule has 0 bridgehead atoms. The Kier molecular flexibility index (Phi) is 10.7. The van der Waals surface area contributed by atoms with Crippen molar-refractivity contribution in [3.63, 3.8) is 0 Å². The van der Waals surface area contributed by atoms with Gasteiger partial charge in [0.2, 0.25) is 0 Å². The van der Waals surface area contributed by atoms with E-state index in [1.807, 2.05) is 0 Å². The number of esters is 1. The van der Waals surface area contributed by atoms with E-state index in [-0.39, 0.29) is 45.5 Å². The van der Waals surface area contributed by atoms with Gasteiger partial charge in [0.1, 0.15) is 6.10 Å². The molecule has 1 fully saturated rings. The molecule has 0 aromatic heterocycles. The number of halogens is 1. The molecule has 7 heteroatoms. The standard InChI is InChI=1S/C25H37IO6/c1-15(2)18(13-20(26)22-14-19(16(3)4)25(28)32-22)24(27)17-8-9-21(30-6)23(12-17)31-11-7-10-29-5/h8-9,12,15-16,18-20,22H,7,10-11,13-14H2,1-6H3. The molecule has 2 rings (SSSR count). The van der Waals surface area contributed by atoms with Gasteiger partial charge in [-0.15, -0.1) is 0 Å². The monoisotopic (exact) mass is 560 g/mol. The van der Waals surface area contributed by atoms with Crippen molar-refractivity contribution in [2.24, 2.45) is 23.7 Å². The summed E-state index contributed by atoms with van der Waals surface area (Å²) >= 11 is 2.35. The zero-order chi connectivity index (χ0) is 23.8. The summed E-state index contributed by atoms with van der Waals surface area (Å²) in [6.07, 6.45) is 2.00. The number of methoxy groups -OCH3 is 2. The fourth-order valence-corrected chi connectivity index (χ4v) is 5.00. The van der Waals surface area contributed by atoms with E-state index < -0.39 is 0 Å². The number of ether oxygens (including phenoxy) is 4. The molecule has 0 saturated carbocycles. The zero-order valence-corrected chi connectivity index (χ0v) is 22.2. The van der Waals surface area contributed by atoms with Crippen LogP contribution in [0.3, 0.4) is 0 Å². The number of hydrogen-bond acceptors (Lipinski definition) is 6. The first-order valence-electron chi connectivity index (χ1n) is 11.4. The molecule has 0 aliphatic carbocycles. The van der Waals surface area contributed by atoms with Crippen molar-refractivity contribution in [3.05, 3.63) is 23.8 Å². The molecule has 6 nitrogen and oxygen atoms in total. The van der Waals surface area contributed by atoms with Gasteiger partial charge in [0.25, 0.3) is 0 Å². The van der Waals surface area contributed by atoms with E-state index in [0.29, 0.717) is 36.7 Å². The number of carbonyl (C=O) groups is 2. The minimum Gasteiger partial charge on any atom is -0.493 e. The number of rotatable bonds is 13. The molecular weight excluding hydrogens is 523 g/mol. The maximum Gasteiger partial charge on any atom is 0.309 e. The van der Waals surface area contributed by atoms with Crippen LogP contribution in [0.5, 0.6) is 11.5 Å². The van der Waals surface area contributed by atoms with Crippen molar-refractivity contribution >= 4 is 34.3 Å². The van der Waals surface area contributed by atoms with Crippen molar-refractivity contribution in [2.75, 3.05) is 27.4 Å². The smallest absolute Gasteiger partial charge is 0.309 e. The molecule has 4 atom stereocenters. The molecule has 1 heterocycles. The molecule has 0 amide bonds. The second-order valence-corrected chi connectivity index (χ2v) is 10.7. The highest BCUT2D eigenvalue weighted by Gasteiger charge is 2.41. The average Bonchev–Trinajstić information content (AvgIpc) is 3.16. The predicted molar refractivity (Wildman–Crippen MR) is 133 cm³/mol. The lowest BCUT2D eigenvalue weighted by Crippen LogP contribution is -2.29. The van der Waals surface area contributed by atoms with E-state index in [2.05, 4.69) is 50.3 Å². The van der Waals surface area contributed by atoms with Crippen molar-refractivity contribution < 1.29 is 28.5 Å². The molecule has 4 unspecified atom stereocenters. The van der Waals surface area contributed by atoms with E-state index in [0.717, 1.165) is 12.8 Å². The number of carbonyl (C=O) groups excluding carboxylic acids is 2. The van der Waals surface area contributed by atoms with Crippen molar-refractivity contribution in [2.45, 2.75) is 57.0 Å². The third-order valence-corrected chi connectivity index (χ3v) is 7.39. The van der Waals surface area contributed by atoms with Gasteiger partial charge in [-0.05, 0) is 42.9 Å². The lowest BCUT2D eigenvalue weighted by molar-refractivity contribution is -0.145. The summed E-state index contributed by atoms with van der Waals surface area (Å²) in [6.45, 7) is 9.32. The van der Waals surface area contributed by atoms with E-state index in [9.17, 15) is 9.59 Å². The van der Waals surface area contributed by atoms with E-state index >= 15 is 0 Å². The lowest BCUT2D eigenvalue weighted by Gasteiger charge is -2.25. The number of alkyl halides is 1. The maximum absolute atomic E-state index is 13.5. The average molecular weight is 560 g/mol. The van der Waals surface area contributed by atoms with E-state index in [1.54, 1.807) is 32.4 Å². The first-order valence-corrected chi connectivity index (χ1v) is 12.6. The van der Waals surface area contributed by atoms with Crippen LogP contribution in [0.2, 0.25) is 0 Å². The van der Waals surface area contributed by atoms with Gasteiger partial charge in [-0.1, -0.05) is 50.3 Å². The normalized spacial score (nSPS) is 20.3. The van der Waals surface area contributed by atoms with Crippen LogP contribution in [0, 0.1) is 23.7 Å². The van der Waals surface area contributed by atoms with Gasteiger partial charge < -0.3 is 18.9 Å². The van der Waals surface area contributed by atoms with Gasteiger partial charge in [0.05, 0.1) is 19.6 Å². The molecule has 0 radical (unpaired) electrons. The molecule has 0 N–H and O–H groups in total. The van der Waals surface area contributed by atoms with Crippen LogP contribution in [-0.4, -0.2) is 49.2 Å². The summed E-state index contributed by atoms with van der Waals surface area (Å²) in [5.74, 6) is 1.33. The van der Waals surface area contributed by atoms with Crippen LogP contribution in [0.15, 0.2) is 18.2 Å². The van der Waals surface area contributed by atoms with Crippen LogP contribution in [0.4, 0.5) is 0 Å². The molecule has 1 aromatic rings. The van der Waals surface area contributed by atoms with Gasteiger partial charge in [0.15, 0.2) is 17.3 Å². The van der Waals surface area contributed by atoms with Crippen LogP contribution in [-0.2, 0) is 14.3 Å². The molecule has 180 valence electrons. The molecule has 32 heavy (non-hydrogen) atoms. The Morgan fingerprint density at radius 2 is 1.88 bits per heavy atom. The number of hydrogen-bond donors (Lipinski definition) is 0. The Balaban J connectivity index is 2.13. The number of cyclic esters (lactones) is 1. The lowest BCUT2D eigenvalue weighted by atomic mass is 9.82. The second-order valence-electron chi connectivity index (χ2n) is 9.09. The first kappa shape index (κ1) is 26.9. The van der Waals surface area contributed by atoms with E-state index in [4.69, 9.17) is 18.9 Å². The van der Waals surface area contributed by atoms with Crippen LogP contribution >= 0.6 is 22.6 Å². The van der Waals surface area contributed by atoms with E-state index in [1.165, 1.54) is 0 Å². The minimum absolute atomic E-state index is 0.0510. The minimum atomic E-state index is -0.177. The Bertz CT molecular complexity index is 763. The quantitative estimate of drug-likeness (QED) is 0.107. The summed E-state index contributed by atoms with van der Waals surface area (Å²) in [6, 6.07) is 5.35. The number of ketones is 1. The fourth-order valence-electron chi connectivity index (χ4n) is 4.02. The van der Waals surface area contributed by atoms with Crippen LogP contribution in [0.1, 0.15) is 57.3 Å². The summed E-state index contributed by atoms with van der Waals surface area (Å²) in [4.78, 5) is 25.7. The van der Waals surface area contributed by atoms with Gasteiger partial charge in [0, 0.05) is 35.5 Å². The third kappa shape index (κ3) is 7.07. The summed E-state index contributed by atoms with van der Waals surface area (Å²) < 4.78 is 22.1. The van der Waals surface area contributed by atoms with Crippen molar-refractivity contribution in [1.82, 2.24) is 0 Å².